The first-order valence-electron chi connectivity index (χ1n) is 6.57. The molecule has 2 heterocycles. The molecule has 0 saturated heterocycles. The van der Waals surface area contributed by atoms with Crippen molar-refractivity contribution in [3.8, 4) is 0 Å². The van der Waals surface area contributed by atoms with Gasteiger partial charge in [-0.2, -0.15) is 18.3 Å². The number of anilines is 2. The second-order valence-electron chi connectivity index (χ2n) is 5.08. The highest BCUT2D eigenvalue weighted by Gasteiger charge is 2.28. The molecule has 0 fully saturated rings. The summed E-state index contributed by atoms with van der Waals surface area (Å²) in [5.74, 6) is -0.187. The Morgan fingerprint density at radius 2 is 2.04 bits per heavy atom. The van der Waals surface area contributed by atoms with E-state index in [0.717, 1.165) is 12.4 Å². The minimum absolute atomic E-state index is 0.116. The first-order chi connectivity index (χ1) is 10.6. The van der Waals surface area contributed by atoms with Crippen LogP contribution in [0.1, 0.15) is 16.2 Å². The fourth-order valence-electron chi connectivity index (χ4n) is 1.76. The molecule has 0 unspecified atom stereocenters. The van der Waals surface area contributed by atoms with Gasteiger partial charge in [0.15, 0.2) is 0 Å². The van der Waals surface area contributed by atoms with Crippen LogP contribution < -0.4 is 10.2 Å². The molecule has 10 heteroatoms. The van der Waals surface area contributed by atoms with Gasteiger partial charge in [-0.1, -0.05) is 0 Å². The van der Waals surface area contributed by atoms with Gasteiger partial charge in [0.1, 0.15) is 12.2 Å². The molecule has 0 saturated carbocycles. The lowest BCUT2D eigenvalue weighted by Gasteiger charge is -2.12. The number of carbonyl (C=O) groups is 1. The van der Waals surface area contributed by atoms with Crippen molar-refractivity contribution in [3.05, 3.63) is 29.8 Å². The number of nitrogens with zero attached hydrogens (tertiary/aromatic N) is 5. The fraction of sp³-hybridized carbons (Fsp3) is 0.385. The van der Waals surface area contributed by atoms with Gasteiger partial charge in [-0.25, -0.2) is 9.97 Å². The van der Waals surface area contributed by atoms with E-state index in [1.807, 2.05) is 0 Å². The highest BCUT2D eigenvalue weighted by Crippen LogP contribution is 2.18. The van der Waals surface area contributed by atoms with Gasteiger partial charge < -0.3 is 10.2 Å². The minimum atomic E-state index is -4.38. The summed E-state index contributed by atoms with van der Waals surface area (Å²) in [6.45, 7) is 0.493. The smallest absolute Gasteiger partial charge is 0.347 e. The third-order valence-electron chi connectivity index (χ3n) is 2.71. The molecule has 0 atom stereocenters. The Labute approximate surface area is 130 Å². The molecule has 0 aliphatic heterocycles. The summed E-state index contributed by atoms with van der Waals surface area (Å²) in [6, 6.07) is 1.49. The number of alkyl halides is 3. The molecule has 0 spiro atoms. The van der Waals surface area contributed by atoms with Crippen LogP contribution in [0.25, 0.3) is 0 Å². The normalized spacial score (nSPS) is 11.4. The van der Waals surface area contributed by atoms with E-state index in [-0.39, 0.29) is 11.4 Å². The van der Waals surface area contributed by atoms with Gasteiger partial charge in [0.2, 0.25) is 5.95 Å². The topological polar surface area (TPSA) is 75.9 Å². The van der Waals surface area contributed by atoms with Crippen LogP contribution in [0.15, 0.2) is 18.5 Å². The van der Waals surface area contributed by atoms with Crippen LogP contribution in [0.2, 0.25) is 0 Å². The van der Waals surface area contributed by atoms with E-state index in [0.29, 0.717) is 16.3 Å². The molecule has 0 aromatic carbocycles. The molecule has 1 N–H and O–H groups in total. The molecule has 0 aliphatic rings. The van der Waals surface area contributed by atoms with Crippen LogP contribution in [0, 0.1) is 6.92 Å². The number of aryl methyl sites for hydroxylation is 1. The summed E-state index contributed by atoms with van der Waals surface area (Å²) in [5.41, 5.74) is 0.869. The largest absolute Gasteiger partial charge is 0.408 e. The zero-order chi connectivity index (χ0) is 17.2. The lowest BCUT2D eigenvalue weighted by atomic mass is 10.3. The third kappa shape index (κ3) is 4.66. The van der Waals surface area contributed by atoms with E-state index in [2.05, 4.69) is 20.4 Å². The number of hydrogen-bond donors (Lipinski definition) is 1. The van der Waals surface area contributed by atoms with Gasteiger partial charge in [0.25, 0.3) is 5.91 Å². The fourth-order valence-corrected chi connectivity index (χ4v) is 1.76. The molecule has 2 aromatic heterocycles. The summed E-state index contributed by atoms with van der Waals surface area (Å²) in [5, 5.41) is 6.01. The van der Waals surface area contributed by atoms with Crippen molar-refractivity contribution in [2.24, 2.45) is 0 Å². The Bertz CT molecular complexity index is 710. The predicted molar refractivity (Wildman–Crippen MR) is 77.3 cm³/mol. The Hall–Kier alpha value is -2.65. The highest BCUT2D eigenvalue weighted by molar-refractivity contribution is 6.02. The summed E-state index contributed by atoms with van der Waals surface area (Å²) in [6.07, 6.45) is -2.13. The molecular weight excluding hydrogens is 313 g/mol. The van der Waals surface area contributed by atoms with Crippen LogP contribution in [0.3, 0.4) is 0 Å². The van der Waals surface area contributed by atoms with Crippen molar-refractivity contribution in [3.63, 3.8) is 0 Å². The summed E-state index contributed by atoms with van der Waals surface area (Å²) in [7, 11) is 3.47. The molecule has 2 rings (SSSR count). The zero-order valence-electron chi connectivity index (χ0n) is 12.7. The van der Waals surface area contributed by atoms with Crippen molar-refractivity contribution in [2.45, 2.75) is 19.6 Å². The Morgan fingerprint density at radius 3 is 2.65 bits per heavy atom. The van der Waals surface area contributed by atoms with Crippen LogP contribution in [-0.2, 0) is 6.54 Å². The van der Waals surface area contributed by atoms with Crippen LogP contribution in [0.5, 0.6) is 0 Å². The minimum Gasteiger partial charge on any atom is -0.347 e. The van der Waals surface area contributed by atoms with E-state index in [1.165, 1.54) is 6.07 Å². The lowest BCUT2D eigenvalue weighted by Crippen LogP contribution is -2.19. The molecule has 124 valence electrons. The van der Waals surface area contributed by atoms with Gasteiger partial charge in [-0.3, -0.25) is 9.48 Å². The number of carbonyl (C=O) groups excluding carboxylic acids is 1. The second kappa shape index (κ2) is 6.23. The number of amides is 1. The summed E-state index contributed by atoms with van der Waals surface area (Å²) in [4.78, 5) is 22.1. The average Bonchev–Trinajstić information content (AvgIpc) is 2.82. The monoisotopic (exact) mass is 328 g/mol. The van der Waals surface area contributed by atoms with E-state index >= 15 is 0 Å². The van der Waals surface area contributed by atoms with Crippen molar-refractivity contribution in [2.75, 3.05) is 24.3 Å². The van der Waals surface area contributed by atoms with Gasteiger partial charge in [0.05, 0.1) is 11.9 Å². The third-order valence-corrected chi connectivity index (χ3v) is 2.71. The van der Waals surface area contributed by atoms with Gasteiger partial charge in [-0.15, -0.1) is 0 Å². The van der Waals surface area contributed by atoms with E-state index < -0.39 is 18.6 Å². The summed E-state index contributed by atoms with van der Waals surface area (Å²) < 4.78 is 37.5. The van der Waals surface area contributed by atoms with Crippen LogP contribution in [-0.4, -0.2) is 45.9 Å². The Balaban J connectivity index is 2.13. The number of rotatable bonds is 4. The van der Waals surface area contributed by atoms with Crippen molar-refractivity contribution in [1.82, 2.24) is 19.7 Å². The molecule has 0 radical (unpaired) electrons. The van der Waals surface area contributed by atoms with Crippen molar-refractivity contribution in [1.29, 1.82) is 0 Å². The van der Waals surface area contributed by atoms with Crippen LogP contribution >= 0.6 is 0 Å². The van der Waals surface area contributed by atoms with E-state index in [4.69, 9.17) is 0 Å². The molecule has 0 aliphatic carbocycles. The summed E-state index contributed by atoms with van der Waals surface area (Å²) >= 11 is 0. The SMILES string of the molecule is Cc1cc(C(=O)Nc2cnn(CC(F)(F)F)c2)nc(N(C)C)n1. The van der Waals surface area contributed by atoms with Gasteiger partial charge in [0, 0.05) is 26.0 Å². The maximum atomic E-state index is 12.3. The number of nitrogens with one attached hydrogen (secondary N) is 1. The van der Waals surface area contributed by atoms with Gasteiger partial charge in [-0.05, 0) is 13.0 Å². The van der Waals surface area contributed by atoms with Crippen molar-refractivity contribution >= 4 is 17.5 Å². The molecule has 0 bridgehead atoms. The molecule has 2 aromatic rings. The Morgan fingerprint density at radius 1 is 1.35 bits per heavy atom. The molecule has 1 amide bonds. The Kier molecular flexibility index (Phi) is 4.52. The number of hydrogen-bond acceptors (Lipinski definition) is 5. The van der Waals surface area contributed by atoms with Crippen molar-refractivity contribution < 1.29 is 18.0 Å². The maximum absolute atomic E-state index is 12.3. The number of aromatic nitrogens is 4. The standard InChI is InChI=1S/C13H15F3N6O/c1-8-4-10(20-12(18-8)21(2)3)11(23)19-9-5-17-22(6-9)7-13(14,15)16/h4-6H,7H2,1-3H3,(H,19,23). The molecular formula is C13H15F3N6O. The first kappa shape index (κ1) is 16.7. The van der Waals surface area contributed by atoms with E-state index in [1.54, 1.807) is 25.9 Å². The quantitative estimate of drug-likeness (QED) is 0.927. The van der Waals surface area contributed by atoms with Gasteiger partial charge >= 0.3 is 6.18 Å². The van der Waals surface area contributed by atoms with Crippen LogP contribution in [0.4, 0.5) is 24.8 Å². The molecule has 23 heavy (non-hydrogen) atoms. The maximum Gasteiger partial charge on any atom is 0.408 e. The average molecular weight is 328 g/mol. The zero-order valence-corrected chi connectivity index (χ0v) is 12.7. The highest BCUT2D eigenvalue weighted by atomic mass is 19.4. The van der Waals surface area contributed by atoms with E-state index in [9.17, 15) is 18.0 Å². The second-order valence-corrected chi connectivity index (χ2v) is 5.08. The molecule has 7 nitrogen and oxygen atoms in total. The lowest BCUT2D eigenvalue weighted by molar-refractivity contribution is -0.142. The first-order valence-corrected chi connectivity index (χ1v) is 6.57. The number of halogens is 3. The predicted octanol–water partition coefficient (Wildman–Crippen LogP) is 1.86.